The molecule has 6 heteroatoms. The summed E-state index contributed by atoms with van der Waals surface area (Å²) in [5.74, 6) is 0.0112. The first-order valence-corrected chi connectivity index (χ1v) is 7.60. The maximum absolute atomic E-state index is 12.4. The van der Waals surface area contributed by atoms with Crippen LogP contribution in [-0.4, -0.2) is 30.4 Å². The van der Waals surface area contributed by atoms with Gasteiger partial charge < -0.3 is 16.0 Å². The van der Waals surface area contributed by atoms with Gasteiger partial charge in [0, 0.05) is 29.8 Å². The van der Waals surface area contributed by atoms with Crippen LogP contribution in [0.25, 0.3) is 0 Å². The van der Waals surface area contributed by atoms with E-state index in [1.807, 2.05) is 12.1 Å². The fourth-order valence-electron chi connectivity index (χ4n) is 3.02. The average Bonchev–Trinajstić information content (AvgIpc) is 2.49. The number of amides is 2. The molecule has 0 spiro atoms. The van der Waals surface area contributed by atoms with Crippen molar-refractivity contribution >= 4 is 29.9 Å². The van der Waals surface area contributed by atoms with Crippen molar-refractivity contribution in [2.75, 3.05) is 11.9 Å². The highest BCUT2D eigenvalue weighted by Gasteiger charge is 2.23. The van der Waals surface area contributed by atoms with Crippen LogP contribution in [0.5, 0.6) is 0 Å². The van der Waals surface area contributed by atoms with Crippen molar-refractivity contribution in [2.24, 2.45) is 0 Å². The van der Waals surface area contributed by atoms with E-state index in [1.165, 1.54) is 0 Å². The van der Waals surface area contributed by atoms with E-state index in [0.29, 0.717) is 24.4 Å². The summed E-state index contributed by atoms with van der Waals surface area (Å²) in [6.07, 6.45) is 3.29. The quantitative estimate of drug-likeness (QED) is 0.778. The van der Waals surface area contributed by atoms with E-state index in [4.69, 9.17) is 0 Å². The summed E-state index contributed by atoms with van der Waals surface area (Å²) in [5.41, 5.74) is 2.54. The van der Waals surface area contributed by atoms with E-state index >= 15 is 0 Å². The van der Waals surface area contributed by atoms with Gasteiger partial charge in [-0.2, -0.15) is 0 Å². The van der Waals surface area contributed by atoms with Crippen LogP contribution in [0, 0.1) is 0 Å². The zero-order valence-corrected chi connectivity index (χ0v) is 13.5. The van der Waals surface area contributed by atoms with Crippen molar-refractivity contribution in [3.63, 3.8) is 0 Å². The lowest BCUT2D eigenvalue weighted by atomic mass is 9.98. The third kappa shape index (κ3) is 3.59. The highest BCUT2D eigenvalue weighted by atomic mass is 35.5. The summed E-state index contributed by atoms with van der Waals surface area (Å²) in [5, 5.41) is 9.33. The monoisotopic (exact) mass is 323 g/mol. The van der Waals surface area contributed by atoms with Gasteiger partial charge in [-0.15, -0.1) is 12.4 Å². The Hall–Kier alpha value is -1.59. The topological polar surface area (TPSA) is 70.2 Å². The summed E-state index contributed by atoms with van der Waals surface area (Å²) in [6.45, 7) is 3.12. The van der Waals surface area contributed by atoms with Crippen LogP contribution in [-0.2, 0) is 11.2 Å². The Labute approximate surface area is 136 Å². The third-order valence-corrected chi connectivity index (χ3v) is 4.34. The lowest BCUT2D eigenvalue weighted by Crippen LogP contribution is -2.51. The molecule has 0 aliphatic carbocycles. The summed E-state index contributed by atoms with van der Waals surface area (Å²) in [6, 6.07) is 5.98. The van der Waals surface area contributed by atoms with Crippen LogP contribution in [0.2, 0.25) is 0 Å². The Kier molecular flexibility index (Phi) is 5.42. The van der Waals surface area contributed by atoms with Gasteiger partial charge >= 0.3 is 0 Å². The second-order valence-electron chi connectivity index (χ2n) is 5.89. The Balaban J connectivity index is 0.00000176. The number of carbonyl (C=O) groups is 2. The van der Waals surface area contributed by atoms with E-state index in [2.05, 4.69) is 22.9 Å². The van der Waals surface area contributed by atoms with E-state index in [1.54, 1.807) is 6.07 Å². The SMILES string of the molecule is CC1NCCCC1NC(=O)c1ccc2c(c1)CCC(=O)N2.Cl. The van der Waals surface area contributed by atoms with Crippen LogP contribution < -0.4 is 16.0 Å². The number of anilines is 1. The van der Waals surface area contributed by atoms with Gasteiger partial charge in [0.1, 0.15) is 0 Å². The van der Waals surface area contributed by atoms with E-state index in [9.17, 15) is 9.59 Å². The normalized spacial score (nSPS) is 23.8. The van der Waals surface area contributed by atoms with Crippen molar-refractivity contribution in [3.8, 4) is 0 Å². The van der Waals surface area contributed by atoms with Crippen LogP contribution in [0.15, 0.2) is 18.2 Å². The molecule has 3 rings (SSSR count). The predicted molar refractivity (Wildman–Crippen MR) is 88.6 cm³/mol. The molecule has 2 atom stereocenters. The van der Waals surface area contributed by atoms with Gasteiger partial charge in [0.05, 0.1) is 0 Å². The minimum Gasteiger partial charge on any atom is -0.348 e. The molecule has 0 aromatic heterocycles. The molecule has 5 nitrogen and oxygen atoms in total. The van der Waals surface area contributed by atoms with Crippen LogP contribution in [0.3, 0.4) is 0 Å². The van der Waals surface area contributed by atoms with E-state index < -0.39 is 0 Å². The molecule has 0 bridgehead atoms. The molecule has 3 N–H and O–H groups in total. The van der Waals surface area contributed by atoms with Gasteiger partial charge in [-0.25, -0.2) is 0 Å². The minimum atomic E-state index is -0.0322. The average molecular weight is 324 g/mol. The van der Waals surface area contributed by atoms with Gasteiger partial charge in [0.15, 0.2) is 0 Å². The summed E-state index contributed by atoms with van der Waals surface area (Å²) < 4.78 is 0. The van der Waals surface area contributed by atoms with E-state index in [0.717, 1.165) is 30.6 Å². The first-order valence-electron chi connectivity index (χ1n) is 7.60. The Morgan fingerprint density at radius 2 is 2.14 bits per heavy atom. The molecule has 1 aromatic rings. The molecule has 0 radical (unpaired) electrons. The van der Waals surface area contributed by atoms with Crippen LogP contribution in [0.1, 0.15) is 42.1 Å². The maximum atomic E-state index is 12.4. The van der Waals surface area contributed by atoms with Crippen molar-refractivity contribution in [2.45, 2.75) is 44.7 Å². The minimum absolute atomic E-state index is 0. The van der Waals surface area contributed by atoms with Gasteiger partial charge in [-0.1, -0.05) is 0 Å². The molecule has 1 fully saturated rings. The molecule has 22 heavy (non-hydrogen) atoms. The molecule has 2 heterocycles. The standard InChI is InChI=1S/C16H21N3O2.ClH/c1-10-13(3-2-8-17-10)19-16(21)12-4-6-14-11(9-12)5-7-15(20)18-14;/h4,6,9-10,13,17H,2-3,5,7-8H2,1H3,(H,18,20)(H,19,21);1H. The molecule has 120 valence electrons. The number of halogens is 1. The molecular weight excluding hydrogens is 302 g/mol. The Bertz CT molecular complexity index is 577. The zero-order chi connectivity index (χ0) is 14.8. The molecule has 1 aromatic carbocycles. The maximum Gasteiger partial charge on any atom is 0.251 e. The molecule has 2 aliphatic heterocycles. The highest BCUT2D eigenvalue weighted by Crippen LogP contribution is 2.23. The van der Waals surface area contributed by atoms with Crippen molar-refractivity contribution < 1.29 is 9.59 Å². The van der Waals surface area contributed by atoms with E-state index in [-0.39, 0.29) is 30.3 Å². The summed E-state index contributed by atoms with van der Waals surface area (Å²) >= 11 is 0. The fourth-order valence-corrected chi connectivity index (χ4v) is 3.02. The highest BCUT2D eigenvalue weighted by molar-refractivity contribution is 5.98. The molecule has 2 amide bonds. The van der Waals surface area contributed by atoms with Gasteiger partial charge in [0.25, 0.3) is 5.91 Å². The summed E-state index contributed by atoms with van der Waals surface area (Å²) in [4.78, 5) is 23.7. The lowest BCUT2D eigenvalue weighted by molar-refractivity contribution is -0.116. The second-order valence-corrected chi connectivity index (χ2v) is 5.89. The Morgan fingerprint density at radius 1 is 1.32 bits per heavy atom. The predicted octanol–water partition coefficient (Wildman–Crippen LogP) is 1.86. The number of piperidine rings is 1. The van der Waals surface area contributed by atoms with Gasteiger partial charge in [-0.3, -0.25) is 9.59 Å². The second kappa shape index (κ2) is 7.11. The zero-order valence-electron chi connectivity index (χ0n) is 12.6. The smallest absolute Gasteiger partial charge is 0.251 e. The number of carbonyl (C=O) groups excluding carboxylic acids is 2. The molecule has 2 unspecified atom stereocenters. The number of benzene rings is 1. The molecule has 0 saturated carbocycles. The third-order valence-electron chi connectivity index (χ3n) is 4.34. The number of nitrogens with one attached hydrogen (secondary N) is 3. The van der Waals surface area contributed by atoms with Crippen LogP contribution >= 0.6 is 12.4 Å². The van der Waals surface area contributed by atoms with Crippen molar-refractivity contribution in [1.29, 1.82) is 0 Å². The van der Waals surface area contributed by atoms with Gasteiger partial charge in [0.2, 0.25) is 5.91 Å². The number of fused-ring (bicyclic) bond motifs is 1. The van der Waals surface area contributed by atoms with Crippen LogP contribution in [0.4, 0.5) is 5.69 Å². The summed E-state index contributed by atoms with van der Waals surface area (Å²) in [7, 11) is 0. The fraction of sp³-hybridized carbons (Fsp3) is 0.500. The molecule has 1 saturated heterocycles. The lowest BCUT2D eigenvalue weighted by Gasteiger charge is -2.30. The largest absolute Gasteiger partial charge is 0.348 e. The molecule has 2 aliphatic rings. The first-order chi connectivity index (χ1) is 10.1. The number of rotatable bonds is 2. The van der Waals surface area contributed by atoms with Crippen molar-refractivity contribution in [3.05, 3.63) is 29.3 Å². The van der Waals surface area contributed by atoms with Crippen molar-refractivity contribution in [1.82, 2.24) is 10.6 Å². The van der Waals surface area contributed by atoms with Gasteiger partial charge in [-0.05, 0) is 56.5 Å². The number of aryl methyl sites for hydroxylation is 1. The number of hydrogen-bond donors (Lipinski definition) is 3. The Morgan fingerprint density at radius 3 is 2.91 bits per heavy atom. The number of hydrogen-bond acceptors (Lipinski definition) is 3. The molecular formula is C16H22ClN3O2. The first kappa shape index (κ1) is 16.8.